The van der Waals surface area contributed by atoms with Gasteiger partial charge in [0.05, 0.1) is 20.7 Å². The van der Waals surface area contributed by atoms with Crippen LogP contribution in [0.25, 0.3) is 10.9 Å². The fourth-order valence-corrected chi connectivity index (χ4v) is 5.17. The second-order valence-electron chi connectivity index (χ2n) is 7.53. The van der Waals surface area contributed by atoms with Crippen LogP contribution in [0.5, 0.6) is 0 Å². The molecule has 7 heteroatoms. The van der Waals surface area contributed by atoms with Crippen molar-refractivity contribution in [2.75, 3.05) is 0 Å². The number of nitrogens with zero attached hydrogens (tertiary/aromatic N) is 3. The third-order valence-corrected chi connectivity index (χ3v) is 7.21. The molecule has 158 valence electrons. The number of hydrogen-bond acceptors (Lipinski definition) is 5. The Hall–Kier alpha value is -3.29. The van der Waals surface area contributed by atoms with Gasteiger partial charge >= 0.3 is 0 Å². The minimum atomic E-state index is -3.24. The van der Waals surface area contributed by atoms with Crippen LogP contribution >= 0.6 is 0 Å². The maximum atomic E-state index is 14.4. The number of aromatic nitrogens is 2. The molecule has 0 spiro atoms. The Balaban J connectivity index is 2.13. The zero-order valence-electron chi connectivity index (χ0n) is 17.3. The van der Waals surface area contributed by atoms with E-state index >= 15 is 0 Å². The number of benzene rings is 3. The van der Waals surface area contributed by atoms with Crippen LogP contribution in [0.2, 0.25) is 0 Å². The molecule has 4 rings (SSSR count). The molecule has 0 saturated heterocycles. The van der Waals surface area contributed by atoms with E-state index < -0.39 is 21.4 Å². The quantitative estimate of drug-likeness (QED) is 0.504. The monoisotopic (exact) mass is 433 g/mol. The van der Waals surface area contributed by atoms with Crippen molar-refractivity contribution in [3.05, 3.63) is 101 Å². The summed E-state index contributed by atoms with van der Waals surface area (Å²) in [5.41, 5.74) is -0.0144. The smallest absolute Gasteiger partial charge is 0.282 e. The van der Waals surface area contributed by atoms with Gasteiger partial charge in [0.15, 0.2) is 5.82 Å². The van der Waals surface area contributed by atoms with E-state index in [1.807, 2.05) is 26.0 Å². The lowest BCUT2D eigenvalue weighted by molar-refractivity contribution is 0.113. The molecule has 1 atom stereocenters. The molecule has 0 aliphatic rings. The Labute approximate surface area is 181 Å². The third-order valence-electron chi connectivity index (χ3n) is 5.00. The first-order chi connectivity index (χ1) is 14.9. The topological polar surface area (TPSA) is 84.6 Å². The van der Waals surface area contributed by atoms with Crippen molar-refractivity contribution in [2.45, 2.75) is 29.7 Å². The molecule has 6 nitrogen and oxygen atoms in total. The van der Waals surface area contributed by atoms with Crippen LogP contribution in [0, 0.1) is 5.92 Å². The molecule has 0 aliphatic carbocycles. The Kier molecular flexibility index (Phi) is 5.71. The van der Waals surface area contributed by atoms with Crippen LogP contribution < -0.4 is 5.56 Å². The summed E-state index contributed by atoms with van der Waals surface area (Å²) in [6.07, 6.45) is -1.06. The van der Waals surface area contributed by atoms with E-state index in [1.54, 1.807) is 72.8 Å². The van der Waals surface area contributed by atoms with Crippen LogP contribution in [0.4, 0.5) is 0 Å². The Bertz CT molecular complexity index is 1340. The number of fused-ring (bicyclic) bond motifs is 1. The molecule has 0 amide bonds. The number of hydrogen-bond donors (Lipinski definition) is 1. The second kappa shape index (κ2) is 8.45. The molecule has 4 aromatic rings. The summed E-state index contributed by atoms with van der Waals surface area (Å²) in [7, 11) is -3.24. The van der Waals surface area contributed by atoms with Crippen molar-refractivity contribution in [3.63, 3.8) is 0 Å². The van der Waals surface area contributed by atoms with Crippen molar-refractivity contribution in [1.82, 2.24) is 9.66 Å². The van der Waals surface area contributed by atoms with Crippen LogP contribution in [-0.4, -0.2) is 19.0 Å². The van der Waals surface area contributed by atoms with Gasteiger partial charge in [0.2, 0.25) is 0 Å². The van der Waals surface area contributed by atoms with Gasteiger partial charge in [-0.25, -0.2) is 9.19 Å². The zero-order chi connectivity index (χ0) is 22.0. The molecule has 0 radical (unpaired) electrons. The van der Waals surface area contributed by atoms with Crippen molar-refractivity contribution in [1.29, 1.82) is 0 Å². The molecule has 0 bridgehead atoms. The van der Waals surface area contributed by atoms with Gasteiger partial charge in [-0.05, 0) is 42.3 Å². The second-order valence-corrected chi connectivity index (χ2v) is 9.68. The highest BCUT2D eigenvalue weighted by molar-refractivity contribution is 7.93. The molecule has 1 heterocycles. The van der Waals surface area contributed by atoms with Gasteiger partial charge in [0.1, 0.15) is 15.8 Å². The zero-order valence-corrected chi connectivity index (χ0v) is 18.1. The van der Waals surface area contributed by atoms with Gasteiger partial charge in [-0.2, -0.15) is 4.68 Å². The van der Waals surface area contributed by atoms with E-state index in [4.69, 9.17) is 0 Å². The average molecular weight is 434 g/mol. The van der Waals surface area contributed by atoms with Gasteiger partial charge in [-0.15, -0.1) is 4.47 Å². The molecule has 0 saturated carbocycles. The number of aliphatic hydroxyl groups is 1. The molecule has 0 unspecified atom stereocenters. The standard InChI is InChI=1S/C24H23N3O3S/c1-17(2)22(28)23-25-21-16-10-9-15-20(21)24(29)27(23)26-31(30,18-11-5-3-6-12-18)19-13-7-4-8-14-19/h3-17,22,28H,1-2H3/t22-/m0/s1. The summed E-state index contributed by atoms with van der Waals surface area (Å²) >= 11 is 0. The van der Waals surface area contributed by atoms with Crippen LogP contribution in [0.1, 0.15) is 25.8 Å². The van der Waals surface area contributed by atoms with Gasteiger partial charge < -0.3 is 5.11 Å². The van der Waals surface area contributed by atoms with Crippen LogP contribution in [0.15, 0.2) is 104 Å². The highest BCUT2D eigenvalue weighted by Gasteiger charge is 2.24. The van der Waals surface area contributed by atoms with Gasteiger partial charge in [0, 0.05) is 0 Å². The number of rotatable bonds is 5. The average Bonchev–Trinajstić information content (AvgIpc) is 2.81. The normalized spacial score (nSPS) is 12.8. The highest BCUT2D eigenvalue weighted by atomic mass is 32.2. The van der Waals surface area contributed by atoms with Crippen molar-refractivity contribution >= 4 is 20.6 Å². The minimum Gasteiger partial charge on any atom is -0.385 e. The lowest BCUT2D eigenvalue weighted by atomic mass is 10.1. The van der Waals surface area contributed by atoms with Crippen LogP contribution in [-0.2, 0) is 9.73 Å². The maximum absolute atomic E-state index is 14.4. The fraction of sp³-hybridized carbons (Fsp3) is 0.167. The summed E-state index contributed by atoms with van der Waals surface area (Å²) < 4.78 is 19.9. The lowest BCUT2D eigenvalue weighted by Gasteiger charge is -2.19. The number of aliphatic hydroxyl groups excluding tert-OH is 1. The SMILES string of the molecule is CC(C)[C@H](O)c1nc2ccccc2c(=O)n1N=S(=O)(c1ccccc1)c1ccccc1. The molecule has 1 N–H and O–H groups in total. The number of para-hydroxylation sites is 1. The predicted octanol–water partition coefficient (Wildman–Crippen LogP) is 4.44. The van der Waals surface area contributed by atoms with Crippen molar-refractivity contribution in [3.8, 4) is 0 Å². The van der Waals surface area contributed by atoms with Gasteiger partial charge in [0.25, 0.3) is 5.56 Å². The molecular formula is C24H23N3O3S. The summed E-state index contributed by atoms with van der Waals surface area (Å²) in [4.78, 5) is 18.9. The van der Waals surface area contributed by atoms with E-state index in [9.17, 15) is 14.1 Å². The van der Waals surface area contributed by atoms with Gasteiger partial charge in [-0.1, -0.05) is 62.4 Å². The highest BCUT2D eigenvalue weighted by Crippen LogP contribution is 2.26. The minimum absolute atomic E-state index is 0.0679. The largest absolute Gasteiger partial charge is 0.385 e. The molecule has 31 heavy (non-hydrogen) atoms. The summed E-state index contributed by atoms with van der Waals surface area (Å²) in [6, 6.07) is 24.5. The van der Waals surface area contributed by atoms with E-state index in [2.05, 4.69) is 9.46 Å². The van der Waals surface area contributed by atoms with E-state index in [0.29, 0.717) is 20.7 Å². The van der Waals surface area contributed by atoms with E-state index in [1.165, 1.54) is 0 Å². The van der Waals surface area contributed by atoms with Crippen LogP contribution in [0.3, 0.4) is 0 Å². The Morgan fingerprint density at radius 3 is 1.94 bits per heavy atom. The lowest BCUT2D eigenvalue weighted by Crippen LogP contribution is -2.27. The first-order valence-corrected chi connectivity index (χ1v) is 11.5. The molecule has 3 aromatic carbocycles. The molecule has 1 aromatic heterocycles. The molecule has 0 aliphatic heterocycles. The van der Waals surface area contributed by atoms with Crippen molar-refractivity contribution in [2.24, 2.45) is 10.4 Å². The molecular weight excluding hydrogens is 410 g/mol. The van der Waals surface area contributed by atoms with E-state index in [0.717, 1.165) is 4.68 Å². The fourth-order valence-electron chi connectivity index (χ4n) is 3.26. The Morgan fingerprint density at radius 2 is 1.39 bits per heavy atom. The summed E-state index contributed by atoms with van der Waals surface area (Å²) in [5, 5.41) is 11.2. The van der Waals surface area contributed by atoms with Crippen molar-refractivity contribution < 1.29 is 9.32 Å². The Morgan fingerprint density at radius 1 is 0.871 bits per heavy atom. The predicted molar refractivity (Wildman–Crippen MR) is 121 cm³/mol. The van der Waals surface area contributed by atoms with Gasteiger partial charge in [-0.3, -0.25) is 4.79 Å². The summed E-state index contributed by atoms with van der Waals surface area (Å²) in [6.45, 7) is 3.64. The first-order valence-electron chi connectivity index (χ1n) is 9.99. The maximum Gasteiger partial charge on any atom is 0.282 e. The summed E-state index contributed by atoms with van der Waals surface area (Å²) in [5.74, 6) is -0.155. The molecule has 0 fully saturated rings. The third kappa shape index (κ3) is 3.89. The first kappa shape index (κ1) is 21.0. The van der Waals surface area contributed by atoms with E-state index in [-0.39, 0.29) is 11.7 Å².